The van der Waals surface area contributed by atoms with Crippen LogP contribution < -0.4 is 10.1 Å². The van der Waals surface area contributed by atoms with Gasteiger partial charge in [0.25, 0.3) is 0 Å². The van der Waals surface area contributed by atoms with Crippen LogP contribution in [-0.2, 0) is 9.53 Å². The van der Waals surface area contributed by atoms with Gasteiger partial charge in [-0.05, 0) is 62.6 Å². The minimum atomic E-state index is -0.845. The lowest BCUT2D eigenvalue weighted by Gasteiger charge is -2.33. The van der Waals surface area contributed by atoms with Crippen molar-refractivity contribution in [2.75, 3.05) is 19.8 Å². The van der Waals surface area contributed by atoms with Crippen LogP contribution >= 0.6 is 12.4 Å². The van der Waals surface area contributed by atoms with Crippen molar-refractivity contribution in [1.82, 2.24) is 5.32 Å². The Kier molecular flexibility index (Phi) is 9.51. The molecule has 6 nitrogen and oxygen atoms in total. The minimum Gasteiger partial charge on any atom is -0.493 e. The molecule has 0 spiro atoms. The summed E-state index contributed by atoms with van der Waals surface area (Å²) in [5.41, 5.74) is 1.17. The second kappa shape index (κ2) is 11.6. The molecule has 3 N–H and O–H groups in total. The molecule has 0 aromatic heterocycles. The average molecular weight is 414 g/mol. The number of aliphatic hydroxyl groups excluding tert-OH is 1. The van der Waals surface area contributed by atoms with Crippen molar-refractivity contribution in [2.45, 2.75) is 69.1 Å². The molecule has 28 heavy (non-hydrogen) atoms. The third-order valence-electron chi connectivity index (χ3n) is 5.67. The highest BCUT2D eigenvalue weighted by Gasteiger charge is 2.27. The van der Waals surface area contributed by atoms with Crippen molar-refractivity contribution in [2.24, 2.45) is 0 Å². The number of piperidine rings is 1. The van der Waals surface area contributed by atoms with Crippen LogP contribution in [-0.4, -0.2) is 54.2 Å². The van der Waals surface area contributed by atoms with Crippen molar-refractivity contribution in [3.63, 3.8) is 0 Å². The molecule has 1 aliphatic carbocycles. The normalized spacial score (nSPS) is 27.6. The number of hydrogen-bond acceptors (Lipinski definition) is 5. The number of carboxylic acids is 1. The lowest BCUT2D eigenvalue weighted by atomic mass is 9.82. The highest BCUT2D eigenvalue weighted by atomic mass is 35.5. The summed E-state index contributed by atoms with van der Waals surface area (Å²) in [5, 5.41) is 22.2. The van der Waals surface area contributed by atoms with Gasteiger partial charge in [-0.15, -0.1) is 12.4 Å². The van der Waals surface area contributed by atoms with Gasteiger partial charge < -0.3 is 25.0 Å². The number of nitrogens with one attached hydrogen (secondary N) is 1. The first-order valence-corrected chi connectivity index (χ1v) is 10.1. The van der Waals surface area contributed by atoms with Gasteiger partial charge in [-0.25, -0.2) is 0 Å². The lowest BCUT2D eigenvalue weighted by Crippen LogP contribution is -2.48. The number of aliphatic carboxylic acids is 1. The Morgan fingerprint density at radius 1 is 1.14 bits per heavy atom. The van der Waals surface area contributed by atoms with Crippen molar-refractivity contribution >= 4 is 18.4 Å². The van der Waals surface area contributed by atoms with Gasteiger partial charge in [0.1, 0.15) is 5.75 Å². The highest BCUT2D eigenvalue weighted by Crippen LogP contribution is 2.38. The van der Waals surface area contributed by atoms with E-state index in [9.17, 15) is 9.90 Å². The highest BCUT2D eigenvalue weighted by molar-refractivity contribution is 5.85. The van der Waals surface area contributed by atoms with Crippen LogP contribution in [0.25, 0.3) is 0 Å². The number of para-hydroxylation sites is 1. The summed E-state index contributed by atoms with van der Waals surface area (Å²) in [6.45, 7) is 1.73. The van der Waals surface area contributed by atoms with E-state index in [-0.39, 0.29) is 43.7 Å². The quantitative estimate of drug-likeness (QED) is 0.606. The van der Waals surface area contributed by atoms with E-state index in [1.807, 2.05) is 18.2 Å². The van der Waals surface area contributed by atoms with Crippen LogP contribution in [0.4, 0.5) is 0 Å². The second-order valence-electron chi connectivity index (χ2n) is 7.61. The molecular formula is C21H32ClNO5. The Hall–Kier alpha value is -1.34. The average Bonchev–Trinajstić information content (AvgIpc) is 2.68. The molecule has 0 amide bonds. The number of benzene rings is 1. The monoisotopic (exact) mass is 413 g/mol. The van der Waals surface area contributed by atoms with Gasteiger partial charge >= 0.3 is 5.97 Å². The first-order valence-electron chi connectivity index (χ1n) is 10.1. The van der Waals surface area contributed by atoms with Crippen LogP contribution in [0.1, 0.15) is 56.4 Å². The van der Waals surface area contributed by atoms with Crippen LogP contribution in [0.15, 0.2) is 24.3 Å². The maximum Gasteiger partial charge on any atom is 0.306 e. The summed E-state index contributed by atoms with van der Waals surface area (Å²) in [5.74, 6) is 0.379. The van der Waals surface area contributed by atoms with E-state index < -0.39 is 5.97 Å². The standard InChI is InChI=1S/C21H31NO5.ClH/c23-19-5-3-12-22-18(19)14-27-16-9-7-15(8-10-16)17-4-1-2-6-20(17)26-13-11-21(24)25;/h1-2,4,6,15-16,18-19,22-23H,3,5,7-14H2,(H,24,25);1H. The van der Waals surface area contributed by atoms with E-state index in [4.69, 9.17) is 14.6 Å². The number of aliphatic hydroxyl groups is 1. The van der Waals surface area contributed by atoms with Gasteiger partial charge in [0.2, 0.25) is 0 Å². The second-order valence-corrected chi connectivity index (χ2v) is 7.61. The third-order valence-corrected chi connectivity index (χ3v) is 5.67. The third kappa shape index (κ3) is 6.62. The van der Waals surface area contributed by atoms with E-state index in [1.54, 1.807) is 0 Å². The van der Waals surface area contributed by atoms with Crippen LogP contribution in [0, 0.1) is 0 Å². The Labute approximate surface area is 173 Å². The Morgan fingerprint density at radius 3 is 2.61 bits per heavy atom. The zero-order valence-corrected chi connectivity index (χ0v) is 17.0. The van der Waals surface area contributed by atoms with Gasteiger partial charge in [0.05, 0.1) is 37.9 Å². The van der Waals surface area contributed by atoms with Crippen molar-refractivity contribution in [3.8, 4) is 5.75 Å². The fourth-order valence-electron chi connectivity index (χ4n) is 4.08. The molecule has 2 fully saturated rings. The van der Waals surface area contributed by atoms with Gasteiger partial charge in [-0.2, -0.15) is 0 Å². The summed E-state index contributed by atoms with van der Waals surface area (Å²) in [6.07, 6.45) is 5.89. The SMILES string of the molecule is Cl.O=C(O)CCOc1ccccc1C1CCC(OCC2NCCCC2O)CC1. The number of rotatable bonds is 8. The molecular weight excluding hydrogens is 382 g/mol. The zero-order chi connectivity index (χ0) is 19.1. The summed E-state index contributed by atoms with van der Waals surface area (Å²) in [4.78, 5) is 10.7. The van der Waals surface area contributed by atoms with Gasteiger partial charge in [-0.3, -0.25) is 4.79 Å². The first kappa shape index (κ1) is 22.9. The Bertz CT molecular complexity index is 606. The van der Waals surface area contributed by atoms with E-state index in [2.05, 4.69) is 11.4 Å². The van der Waals surface area contributed by atoms with Crippen molar-refractivity contribution < 1.29 is 24.5 Å². The fourth-order valence-corrected chi connectivity index (χ4v) is 4.08. The molecule has 1 aromatic carbocycles. The van der Waals surface area contributed by atoms with Crippen LogP contribution in [0.3, 0.4) is 0 Å². The number of carboxylic acid groups (broad SMARTS) is 1. The minimum absolute atomic E-state index is 0. The molecule has 2 aliphatic rings. The van der Waals surface area contributed by atoms with Gasteiger partial charge in [0.15, 0.2) is 0 Å². The lowest BCUT2D eigenvalue weighted by molar-refractivity contribution is -0.137. The van der Waals surface area contributed by atoms with Crippen molar-refractivity contribution in [1.29, 1.82) is 0 Å². The Morgan fingerprint density at radius 2 is 1.89 bits per heavy atom. The Balaban J connectivity index is 0.00000280. The summed E-state index contributed by atoms with van der Waals surface area (Å²) >= 11 is 0. The van der Waals surface area contributed by atoms with E-state index in [0.29, 0.717) is 12.5 Å². The molecule has 1 saturated heterocycles. The molecule has 1 heterocycles. The van der Waals surface area contributed by atoms with Gasteiger partial charge in [-0.1, -0.05) is 18.2 Å². The number of carbonyl (C=O) groups is 1. The number of ether oxygens (including phenoxy) is 2. The molecule has 1 aliphatic heterocycles. The van der Waals surface area contributed by atoms with Gasteiger partial charge in [0, 0.05) is 0 Å². The molecule has 0 bridgehead atoms. The predicted octanol–water partition coefficient (Wildman–Crippen LogP) is 3.12. The van der Waals surface area contributed by atoms with E-state index in [1.165, 1.54) is 5.56 Å². The van der Waals surface area contributed by atoms with E-state index in [0.717, 1.165) is 50.8 Å². The van der Waals surface area contributed by atoms with Crippen LogP contribution in [0.2, 0.25) is 0 Å². The zero-order valence-electron chi connectivity index (χ0n) is 16.2. The molecule has 158 valence electrons. The summed E-state index contributed by atoms with van der Waals surface area (Å²) in [7, 11) is 0. The summed E-state index contributed by atoms with van der Waals surface area (Å²) in [6, 6.07) is 8.01. The summed E-state index contributed by atoms with van der Waals surface area (Å²) < 4.78 is 11.8. The van der Waals surface area contributed by atoms with E-state index >= 15 is 0 Å². The number of halogens is 1. The largest absolute Gasteiger partial charge is 0.493 e. The molecule has 2 atom stereocenters. The first-order chi connectivity index (χ1) is 13.1. The van der Waals surface area contributed by atoms with Crippen LogP contribution in [0.5, 0.6) is 5.75 Å². The topological polar surface area (TPSA) is 88.0 Å². The maximum atomic E-state index is 10.7. The maximum absolute atomic E-state index is 10.7. The fraction of sp³-hybridized carbons (Fsp3) is 0.667. The molecule has 7 heteroatoms. The van der Waals surface area contributed by atoms with Crippen molar-refractivity contribution in [3.05, 3.63) is 29.8 Å². The molecule has 1 saturated carbocycles. The molecule has 0 radical (unpaired) electrons. The molecule has 2 unspecified atom stereocenters. The molecule has 1 aromatic rings. The predicted molar refractivity (Wildman–Crippen MR) is 109 cm³/mol. The smallest absolute Gasteiger partial charge is 0.306 e. The number of hydrogen-bond donors (Lipinski definition) is 3. The molecule has 3 rings (SSSR count).